The van der Waals surface area contributed by atoms with Crippen molar-refractivity contribution in [2.75, 3.05) is 11.9 Å². The van der Waals surface area contributed by atoms with Gasteiger partial charge in [0.25, 0.3) is 0 Å². The lowest BCUT2D eigenvalue weighted by Crippen LogP contribution is -2.31. The lowest BCUT2D eigenvalue weighted by molar-refractivity contribution is 0.251. The first-order valence-corrected chi connectivity index (χ1v) is 8.93. The molecule has 0 aliphatic heterocycles. The van der Waals surface area contributed by atoms with Crippen LogP contribution in [0.5, 0.6) is 0 Å². The molecule has 0 unspecified atom stereocenters. The second-order valence-corrected chi connectivity index (χ2v) is 6.35. The van der Waals surface area contributed by atoms with E-state index >= 15 is 0 Å². The Balaban J connectivity index is 1.40. The minimum Gasteiger partial charge on any atom is -0.338 e. The number of aryl methyl sites for hydroxylation is 1. The molecule has 0 spiro atoms. The van der Waals surface area contributed by atoms with Crippen molar-refractivity contribution < 1.29 is 4.79 Å². The summed E-state index contributed by atoms with van der Waals surface area (Å²) in [5.41, 5.74) is 1.05. The average molecular weight is 339 g/mol. The van der Waals surface area contributed by atoms with Gasteiger partial charge in [-0.15, -0.1) is 0 Å². The van der Waals surface area contributed by atoms with E-state index in [4.69, 9.17) is 0 Å². The van der Waals surface area contributed by atoms with Gasteiger partial charge in [-0.1, -0.05) is 18.2 Å². The highest BCUT2D eigenvalue weighted by Gasteiger charge is 2.14. The Bertz CT molecular complexity index is 695. The molecule has 2 aromatic heterocycles. The van der Waals surface area contributed by atoms with Gasteiger partial charge in [0.15, 0.2) is 0 Å². The second kappa shape index (κ2) is 9.01. The summed E-state index contributed by atoms with van der Waals surface area (Å²) in [7, 11) is 0. The molecule has 6 nitrogen and oxygen atoms in total. The Labute approximate surface area is 148 Å². The summed E-state index contributed by atoms with van der Waals surface area (Å²) in [6.07, 6.45) is 13.1. The number of nitrogens with one attached hydrogen (secondary N) is 2. The van der Waals surface area contributed by atoms with Crippen LogP contribution in [0.4, 0.5) is 10.6 Å². The molecule has 25 heavy (non-hydrogen) atoms. The Morgan fingerprint density at radius 1 is 1.24 bits per heavy atom. The highest BCUT2D eigenvalue weighted by atomic mass is 16.2. The Kier molecular flexibility index (Phi) is 6.20. The van der Waals surface area contributed by atoms with Gasteiger partial charge in [-0.2, -0.15) is 5.10 Å². The molecule has 2 aromatic rings. The molecular weight excluding hydrogens is 314 g/mol. The van der Waals surface area contributed by atoms with E-state index in [0.717, 1.165) is 43.7 Å². The molecule has 6 heteroatoms. The van der Waals surface area contributed by atoms with E-state index in [9.17, 15) is 4.79 Å². The Morgan fingerprint density at radius 3 is 3.00 bits per heavy atom. The van der Waals surface area contributed by atoms with E-state index < -0.39 is 0 Å². The zero-order chi connectivity index (χ0) is 17.3. The SMILES string of the molecule is O=C(NCCCc1ccccn1)Nc1ccnn1C[C@H]1CC=CCC1. The van der Waals surface area contributed by atoms with Gasteiger partial charge in [0.05, 0.1) is 6.20 Å². The third kappa shape index (κ3) is 5.45. The van der Waals surface area contributed by atoms with Crippen LogP contribution in [0.3, 0.4) is 0 Å². The van der Waals surface area contributed by atoms with Crippen LogP contribution >= 0.6 is 0 Å². The average Bonchev–Trinajstić information content (AvgIpc) is 3.07. The van der Waals surface area contributed by atoms with Crippen molar-refractivity contribution in [1.29, 1.82) is 0 Å². The zero-order valence-electron chi connectivity index (χ0n) is 14.4. The molecule has 3 rings (SSSR count). The third-order valence-electron chi connectivity index (χ3n) is 4.39. The summed E-state index contributed by atoms with van der Waals surface area (Å²) in [4.78, 5) is 16.4. The number of nitrogens with zero attached hydrogens (tertiary/aromatic N) is 3. The number of urea groups is 1. The van der Waals surface area contributed by atoms with Gasteiger partial charge in [0, 0.05) is 31.0 Å². The number of anilines is 1. The highest BCUT2D eigenvalue weighted by molar-refractivity contribution is 5.88. The van der Waals surface area contributed by atoms with Gasteiger partial charge in [0.1, 0.15) is 5.82 Å². The summed E-state index contributed by atoms with van der Waals surface area (Å²) in [6.45, 7) is 1.45. The first-order chi connectivity index (χ1) is 12.3. The number of amides is 2. The van der Waals surface area contributed by atoms with Crippen molar-refractivity contribution in [1.82, 2.24) is 20.1 Å². The largest absolute Gasteiger partial charge is 0.338 e. The molecule has 2 heterocycles. The molecule has 0 radical (unpaired) electrons. The Hall–Kier alpha value is -2.63. The number of rotatable bonds is 7. The van der Waals surface area contributed by atoms with Crippen LogP contribution in [0.25, 0.3) is 0 Å². The first-order valence-electron chi connectivity index (χ1n) is 8.93. The molecule has 0 saturated carbocycles. The predicted octanol–water partition coefficient (Wildman–Crippen LogP) is 3.39. The maximum atomic E-state index is 12.1. The minimum absolute atomic E-state index is 0.189. The normalized spacial score (nSPS) is 16.6. The van der Waals surface area contributed by atoms with Gasteiger partial charge in [-0.05, 0) is 50.2 Å². The first kappa shape index (κ1) is 17.2. The topological polar surface area (TPSA) is 71.8 Å². The van der Waals surface area contributed by atoms with Crippen LogP contribution < -0.4 is 10.6 Å². The van der Waals surface area contributed by atoms with Gasteiger partial charge in [-0.25, -0.2) is 9.48 Å². The van der Waals surface area contributed by atoms with Gasteiger partial charge in [-0.3, -0.25) is 10.3 Å². The molecule has 0 bridgehead atoms. The molecule has 0 saturated heterocycles. The molecule has 1 aliphatic carbocycles. The molecule has 1 aliphatic rings. The van der Waals surface area contributed by atoms with E-state index in [1.165, 1.54) is 6.42 Å². The quantitative estimate of drug-likeness (QED) is 0.600. The van der Waals surface area contributed by atoms with Crippen LogP contribution in [0.2, 0.25) is 0 Å². The summed E-state index contributed by atoms with van der Waals surface area (Å²) in [6, 6.07) is 7.53. The smallest absolute Gasteiger partial charge is 0.320 e. The van der Waals surface area contributed by atoms with Crippen molar-refractivity contribution in [2.45, 2.75) is 38.6 Å². The monoisotopic (exact) mass is 339 g/mol. The van der Waals surface area contributed by atoms with Crippen molar-refractivity contribution in [3.63, 3.8) is 0 Å². The van der Waals surface area contributed by atoms with Crippen LogP contribution in [0.1, 0.15) is 31.4 Å². The lowest BCUT2D eigenvalue weighted by Gasteiger charge is -2.19. The molecule has 0 aromatic carbocycles. The molecule has 0 fully saturated rings. The fraction of sp³-hybridized carbons (Fsp3) is 0.421. The molecular formula is C19H25N5O. The van der Waals surface area contributed by atoms with E-state index in [1.54, 1.807) is 12.4 Å². The third-order valence-corrected chi connectivity index (χ3v) is 4.39. The fourth-order valence-corrected chi connectivity index (χ4v) is 3.03. The van der Waals surface area contributed by atoms with Crippen LogP contribution in [-0.2, 0) is 13.0 Å². The minimum atomic E-state index is -0.189. The van der Waals surface area contributed by atoms with E-state index in [2.05, 4.69) is 32.9 Å². The highest BCUT2D eigenvalue weighted by Crippen LogP contribution is 2.21. The maximum absolute atomic E-state index is 12.1. The number of allylic oxidation sites excluding steroid dienone is 2. The molecule has 1 atom stereocenters. The maximum Gasteiger partial charge on any atom is 0.320 e. The van der Waals surface area contributed by atoms with Crippen LogP contribution in [0.15, 0.2) is 48.8 Å². The summed E-state index contributed by atoms with van der Waals surface area (Å²) >= 11 is 0. The van der Waals surface area contributed by atoms with Crippen molar-refractivity contribution in [3.8, 4) is 0 Å². The zero-order valence-corrected chi connectivity index (χ0v) is 14.4. The van der Waals surface area contributed by atoms with Gasteiger partial charge in [0.2, 0.25) is 0 Å². The number of carbonyl (C=O) groups excluding carboxylic acids is 1. The number of hydrogen-bond donors (Lipinski definition) is 2. The molecule has 132 valence electrons. The molecule has 2 amide bonds. The number of carbonyl (C=O) groups is 1. The molecule has 2 N–H and O–H groups in total. The summed E-state index contributed by atoms with van der Waals surface area (Å²) in [5.74, 6) is 1.34. The number of hydrogen-bond acceptors (Lipinski definition) is 3. The van der Waals surface area contributed by atoms with Crippen molar-refractivity contribution in [2.24, 2.45) is 5.92 Å². The van der Waals surface area contributed by atoms with E-state index in [0.29, 0.717) is 12.5 Å². The van der Waals surface area contributed by atoms with Crippen molar-refractivity contribution in [3.05, 3.63) is 54.5 Å². The summed E-state index contributed by atoms with van der Waals surface area (Å²) < 4.78 is 1.89. The van der Waals surface area contributed by atoms with Gasteiger partial charge < -0.3 is 5.32 Å². The van der Waals surface area contributed by atoms with Crippen molar-refractivity contribution >= 4 is 11.8 Å². The Morgan fingerprint density at radius 2 is 2.20 bits per heavy atom. The number of pyridine rings is 1. The summed E-state index contributed by atoms with van der Waals surface area (Å²) in [5, 5.41) is 10.1. The predicted molar refractivity (Wildman–Crippen MR) is 98.3 cm³/mol. The fourth-order valence-electron chi connectivity index (χ4n) is 3.03. The standard InChI is InChI=1S/C19H25N5O/c25-19(21-13-6-10-17-9-4-5-12-20-17)23-18-11-14-22-24(18)15-16-7-2-1-3-8-16/h1-2,4-5,9,11-12,14,16H,3,6-8,10,13,15H2,(H2,21,23,25)/t16-/m0/s1. The van der Waals surface area contributed by atoms with Gasteiger partial charge >= 0.3 is 6.03 Å². The second-order valence-electron chi connectivity index (χ2n) is 6.35. The number of aromatic nitrogens is 3. The van der Waals surface area contributed by atoms with Crippen LogP contribution in [0, 0.1) is 5.92 Å². The van der Waals surface area contributed by atoms with E-state index in [1.807, 2.05) is 28.9 Å². The van der Waals surface area contributed by atoms with Crippen LogP contribution in [-0.4, -0.2) is 27.3 Å². The lowest BCUT2D eigenvalue weighted by atomic mass is 9.94. The van der Waals surface area contributed by atoms with E-state index in [-0.39, 0.29) is 6.03 Å².